The summed E-state index contributed by atoms with van der Waals surface area (Å²) in [4.78, 5) is 13.2. The molecular weight excluding hydrogens is 220 g/mol. The average Bonchev–Trinajstić information content (AvgIpc) is 3.06. The molecule has 0 spiro atoms. The first-order chi connectivity index (χ1) is 8.40. The first-order valence-electron chi connectivity index (χ1n) is 5.97. The maximum atomic E-state index is 10.0. The first-order valence-corrected chi connectivity index (χ1v) is 5.97. The van der Waals surface area contributed by atoms with Crippen molar-refractivity contribution in [2.45, 2.75) is 25.4 Å². The van der Waals surface area contributed by atoms with E-state index in [-0.39, 0.29) is 0 Å². The second kappa shape index (κ2) is 6.30. The second-order valence-corrected chi connectivity index (χ2v) is 4.08. The molecule has 0 unspecified atom stereocenters. The highest BCUT2D eigenvalue weighted by molar-refractivity contribution is 5.48. The highest BCUT2D eigenvalue weighted by Crippen LogP contribution is 2.23. The number of rotatable bonds is 9. The highest BCUT2D eigenvalue weighted by Gasteiger charge is 2.21. The van der Waals surface area contributed by atoms with Gasteiger partial charge in [0.2, 0.25) is 0 Å². The zero-order valence-corrected chi connectivity index (χ0v) is 9.78. The lowest BCUT2D eigenvalue weighted by Crippen LogP contribution is -2.11. The molecule has 0 aromatic carbocycles. The minimum absolute atomic E-state index is 0.400. The zero-order chi connectivity index (χ0) is 11.9. The van der Waals surface area contributed by atoms with Gasteiger partial charge in [0.1, 0.15) is 0 Å². The number of ether oxygens (including phenoxy) is 2. The molecule has 0 bridgehead atoms. The lowest BCUT2D eigenvalue weighted by molar-refractivity contribution is -0.128. The van der Waals surface area contributed by atoms with Gasteiger partial charge in [0.15, 0.2) is 0 Å². The van der Waals surface area contributed by atoms with Gasteiger partial charge in [-0.25, -0.2) is 0 Å². The predicted molar refractivity (Wildman–Crippen MR) is 64.0 cm³/mol. The zero-order valence-electron chi connectivity index (χ0n) is 9.78. The molecular formula is C12H18N2O3. The van der Waals surface area contributed by atoms with E-state index in [1.165, 1.54) is 12.8 Å². The minimum atomic E-state index is 0.400. The van der Waals surface area contributed by atoms with Crippen LogP contribution in [0.3, 0.4) is 0 Å². The molecule has 1 aliphatic rings. The molecule has 0 aliphatic heterocycles. The third-order valence-corrected chi connectivity index (χ3v) is 2.67. The fraction of sp³-hybridized carbons (Fsp3) is 0.583. The Morgan fingerprint density at radius 3 is 3.12 bits per heavy atom. The Labute approximate surface area is 100 Å². The number of aromatic nitrogens is 1. The molecule has 1 heterocycles. The van der Waals surface area contributed by atoms with Gasteiger partial charge in [-0.05, 0) is 18.9 Å². The summed E-state index contributed by atoms with van der Waals surface area (Å²) in [7, 11) is 0. The summed E-state index contributed by atoms with van der Waals surface area (Å²) in [5.74, 6) is 0. The van der Waals surface area contributed by atoms with Gasteiger partial charge in [-0.15, -0.1) is 0 Å². The first kappa shape index (κ1) is 12.0. The molecule has 94 valence electrons. The van der Waals surface area contributed by atoms with Crippen molar-refractivity contribution in [3.05, 3.63) is 18.0 Å². The Bertz CT molecular complexity index is 347. The largest absolute Gasteiger partial charge is 0.467 e. The van der Waals surface area contributed by atoms with Crippen LogP contribution in [-0.2, 0) is 20.7 Å². The van der Waals surface area contributed by atoms with Gasteiger partial charge in [-0.3, -0.25) is 4.79 Å². The molecule has 17 heavy (non-hydrogen) atoms. The summed E-state index contributed by atoms with van der Waals surface area (Å²) in [5.41, 5.74) is 2.11. The van der Waals surface area contributed by atoms with E-state index < -0.39 is 0 Å². The molecule has 1 saturated carbocycles. The van der Waals surface area contributed by atoms with E-state index in [2.05, 4.69) is 15.0 Å². The van der Waals surface area contributed by atoms with Gasteiger partial charge in [-0.1, -0.05) is 0 Å². The van der Waals surface area contributed by atoms with Gasteiger partial charge >= 0.3 is 0 Å². The summed E-state index contributed by atoms with van der Waals surface area (Å²) >= 11 is 0. The number of H-pyrrole nitrogens is 1. The molecule has 0 saturated heterocycles. The Morgan fingerprint density at radius 1 is 1.47 bits per heavy atom. The van der Waals surface area contributed by atoms with Crippen LogP contribution in [-0.4, -0.2) is 37.3 Å². The van der Waals surface area contributed by atoms with Gasteiger partial charge in [0, 0.05) is 24.9 Å². The van der Waals surface area contributed by atoms with Crippen molar-refractivity contribution in [1.29, 1.82) is 0 Å². The molecule has 0 atom stereocenters. The van der Waals surface area contributed by atoms with Gasteiger partial charge in [-0.2, -0.15) is 0 Å². The smallest absolute Gasteiger partial charge is 0.293 e. The number of anilines is 1. The Hall–Kier alpha value is -1.49. The molecule has 5 heteroatoms. The molecule has 0 radical (unpaired) electrons. The van der Waals surface area contributed by atoms with E-state index in [1.807, 2.05) is 12.3 Å². The third-order valence-electron chi connectivity index (χ3n) is 2.67. The van der Waals surface area contributed by atoms with Crippen molar-refractivity contribution in [2.24, 2.45) is 0 Å². The Balaban J connectivity index is 1.67. The minimum Gasteiger partial charge on any atom is -0.467 e. The number of aromatic amines is 1. The topological polar surface area (TPSA) is 63.4 Å². The van der Waals surface area contributed by atoms with E-state index in [1.54, 1.807) is 0 Å². The number of carbonyl (C=O) groups is 1. The van der Waals surface area contributed by atoms with E-state index >= 15 is 0 Å². The van der Waals surface area contributed by atoms with Crippen LogP contribution in [0.1, 0.15) is 18.5 Å². The normalized spacial score (nSPS) is 14.6. The number of hydrogen-bond donors (Lipinski definition) is 2. The van der Waals surface area contributed by atoms with E-state index in [0.717, 1.165) is 24.5 Å². The Morgan fingerprint density at radius 2 is 2.35 bits per heavy atom. The lowest BCUT2D eigenvalue weighted by atomic mass is 10.3. The van der Waals surface area contributed by atoms with E-state index in [0.29, 0.717) is 25.6 Å². The molecule has 1 fully saturated rings. The van der Waals surface area contributed by atoms with Crippen LogP contribution >= 0.6 is 0 Å². The van der Waals surface area contributed by atoms with Crippen molar-refractivity contribution in [2.75, 3.05) is 25.1 Å². The molecule has 2 N–H and O–H groups in total. The van der Waals surface area contributed by atoms with Crippen molar-refractivity contribution >= 4 is 12.2 Å². The van der Waals surface area contributed by atoms with Crippen LogP contribution in [0.15, 0.2) is 12.3 Å². The van der Waals surface area contributed by atoms with Crippen LogP contribution in [0.4, 0.5) is 5.69 Å². The van der Waals surface area contributed by atoms with Crippen LogP contribution in [0, 0.1) is 0 Å². The number of hydrogen-bond acceptors (Lipinski definition) is 4. The third kappa shape index (κ3) is 4.11. The molecule has 1 aliphatic carbocycles. The van der Waals surface area contributed by atoms with Gasteiger partial charge < -0.3 is 19.8 Å². The van der Waals surface area contributed by atoms with Gasteiger partial charge in [0.25, 0.3) is 6.47 Å². The summed E-state index contributed by atoms with van der Waals surface area (Å²) in [6.07, 6.45) is 5.48. The average molecular weight is 238 g/mol. The van der Waals surface area contributed by atoms with E-state index in [9.17, 15) is 4.79 Å². The second-order valence-electron chi connectivity index (χ2n) is 4.08. The SMILES string of the molecule is O=COCCc1[nH]ccc1NCCOC1CC1. The molecule has 1 aromatic rings. The van der Waals surface area contributed by atoms with Crippen molar-refractivity contribution < 1.29 is 14.3 Å². The molecule has 5 nitrogen and oxygen atoms in total. The fourth-order valence-corrected chi connectivity index (χ4v) is 1.63. The molecule has 0 amide bonds. The fourth-order valence-electron chi connectivity index (χ4n) is 1.63. The molecule has 2 rings (SSSR count). The Kier molecular flexibility index (Phi) is 4.44. The van der Waals surface area contributed by atoms with Crippen molar-refractivity contribution in [3.8, 4) is 0 Å². The summed E-state index contributed by atoms with van der Waals surface area (Å²) < 4.78 is 10.2. The van der Waals surface area contributed by atoms with E-state index in [4.69, 9.17) is 4.74 Å². The van der Waals surface area contributed by atoms with Crippen molar-refractivity contribution in [3.63, 3.8) is 0 Å². The monoisotopic (exact) mass is 238 g/mol. The molecule has 1 aromatic heterocycles. The number of carbonyl (C=O) groups excluding carboxylic acids is 1. The lowest BCUT2D eigenvalue weighted by Gasteiger charge is -2.07. The van der Waals surface area contributed by atoms with Crippen molar-refractivity contribution in [1.82, 2.24) is 4.98 Å². The maximum Gasteiger partial charge on any atom is 0.293 e. The standard InChI is InChI=1S/C12H18N2O3/c15-9-16-7-4-12-11(3-5-13-12)14-6-8-17-10-1-2-10/h3,5,9-10,13-14H,1-2,4,6-8H2. The maximum absolute atomic E-state index is 10.0. The quantitative estimate of drug-likeness (QED) is 0.503. The summed E-state index contributed by atoms with van der Waals surface area (Å²) in [6.45, 7) is 2.41. The van der Waals surface area contributed by atoms with Crippen LogP contribution in [0.25, 0.3) is 0 Å². The summed E-state index contributed by atoms with van der Waals surface area (Å²) in [6, 6.07) is 1.98. The summed E-state index contributed by atoms with van der Waals surface area (Å²) in [5, 5.41) is 3.30. The number of nitrogens with one attached hydrogen (secondary N) is 2. The van der Waals surface area contributed by atoms with Crippen LogP contribution in [0.5, 0.6) is 0 Å². The van der Waals surface area contributed by atoms with Crippen LogP contribution in [0.2, 0.25) is 0 Å². The van der Waals surface area contributed by atoms with Gasteiger partial charge in [0.05, 0.1) is 25.0 Å². The predicted octanol–water partition coefficient (Wildman–Crippen LogP) is 1.32. The van der Waals surface area contributed by atoms with Crippen LogP contribution < -0.4 is 5.32 Å². The highest BCUT2D eigenvalue weighted by atomic mass is 16.5.